The van der Waals surface area contributed by atoms with Crippen LogP contribution in [0.3, 0.4) is 0 Å². The molecule has 1 atom stereocenters. The summed E-state index contributed by atoms with van der Waals surface area (Å²) in [6.45, 7) is 3.02. The zero-order valence-electron chi connectivity index (χ0n) is 10.3. The predicted molar refractivity (Wildman–Crippen MR) is 63.6 cm³/mol. The molecule has 1 aromatic heterocycles. The summed E-state index contributed by atoms with van der Waals surface area (Å²) in [6, 6.07) is 2.05. The third kappa shape index (κ3) is 3.06. The summed E-state index contributed by atoms with van der Waals surface area (Å²) in [4.78, 5) is 12.9. The number of carboxylic acid groups (broad SMARTS) is 1. The van der Waals surface area contributed by atoms with E-state index in [-0.39, 0.29) is 12.6 Å². The van der Waals surface area contributed by atoms with E-state index in [1.54, 1.807) is 6.20 Å². The fraction of sp³-hybridized carbons (Fsp3) is 0.667. The Balaban J connectivity index is 2.07. The van der Waals surface area contributed by atoms with Gasteiger partial charge in [-0.15, -0.1) is 0 Å². The maximum atomic E-state index is 10.9. The Morgan fingerprint density at radius 1 is 1.71 bits per heavy atom. The van der Waals surface area contributed by atoms with E-state index >= 15 is 0 Å². The van der Waals surface area contributed by atoms with E-state index in [0.717, 1.165) is 12.2 Å². The van der Waals surface area contributed by atoms with E-state index in [2.05, 4.69) is 5.10 Å². The van der Waals surface area contributed by atoms with E-state index in [1.165, 1.54) is 12.8 Å². The van der Waals surface area contributed by atoms with Gasteiger partial charge in [-0.05, 0) is 31.7 Å². The second-order valence-electron chi connectivity index (χ2n) is 4.82. The lowest BCUT2D eigenvalue weighted by Gasteiger charge is -2.27. The molecule has 17 heavy (non-hydrogen) atoms. The van der Waals surface area contributed by atoms with Crippen molar-refractivity contribution in [1.29, 1.82) is 0 Å². The Morgan fingerprint density at radius 3 is 2.88 bits per heavy atom. The van der Waals surface area contributed by atoms with Gasteiger partial charge >= 0.3 is 5.97 Å². The molecule has 1 fully saturated rings. The Kier molecular flexibility index (Phi) is 3.47. The largest absolute Gasteiger partial charge is 0.480 e. The standard InChI is InChI=1S/C12H19N3O2/c1-9(11-5-6-13-14(11)2)15(8-12(16)17)7-10-3-4-10/h5-6,9-10H,3-4,7-8H2,1-2H3,(H,16,17). The average molecular weight is 237 g/mol. The molecule has 1 aromatic rings. The van der Waals surface area contributed by atoms with Gasteiger partial charge in [0.25, 0.3) is 0 Å². The molecule has 0 aromatic carbocycles. The zero-order chi connectivity index (χ0) is 12.4. The molecule has 0 radical (unpaired) electrons. The minimum Gasteiger partial charge on any atom is -0.480 e. The molecular formula is C12H19N3O2. The molecule has 0 aliphatic heterocycles. The fourth-order valence-electron chi connectivity index (χ4n) is 2.15. The SMILES string of the molecule is CC(c1ccnn1C)N(CC(=O)O)CC1CC1. The lowest BCUT2D eigenvalue weighted by Crippen LogP contribution is -2.34. The van der Waals surface area contributed by atoms with Crippen molar-refractivity contribution in [2.24, 2.45) is 13.0 Å². The molecule has 1 N–H and O–H groups in total. The summed E-state index contributed by atoms with van der Waals surface area (Å²) in [7, 11) is 1.89. The summed E-state index contributed by atoms with van der Waals surface area (Å²) < 4.78 is 1.81. The van der Waals surface area contributed by atoms with Crippen LogP contribution in [0, 0.1) is 5.92 Å². The molecule has 1 unspecified atom stereocenters. The highest BCUT2D eigenvalue weighted by Gasteiger charge is 2.29. The first kappa shape index (κ1) is 12.1. The Labute approximate surface area is 101 Å². The van der Waals surface area contributed by atoms with Crippen molar-refractivity contribution >= 4 is 5.97 Å². The number of carboxylic acids is 1. The van der Waals surface area contributed by atoms with Gasteiger partial charge in [-0.1, -0.05) is 0 Å². The van der Waals surface area contributed by atoms with E-state index < -0.39 is 5.97 Å². The molecule has 1 aliphatic rings. The molecule has 1 aliphatic carbocycles. The van der Waals surface area contributed by atoms with Crippen molar-refractivity contribution in [3.05, 3.63) is 18.0 Å². The van der Waals surface area contributed by atoms with Crippen LogP contribution in [0.1, 0.15) is 31.5 Å². The molecule has 0 amide bonds. The highest BCUT2D eigenvalue weighted by molar-refractivity contribution is 5.69. The molecule has 2 rings (SSSR count). The number of nitrogens with zero attached hydrogens (tertiary/aromatic N) is 3. The highest BCUT2D eigenvalue weighted by atomic mass is 16.4. The molecule has 5 nitrogen and oxygen atoms in total. The lowest BCUT2D eigenvalue weighted by atomic mass is 10.2. The van der Waals surface area contributed by atoms with Crippen LogP contribution in [-0.4, -0.2) is 38.8 Å². The van der Waals surface area contributed by atoms with Gasteiger partial charge in [-0.2, -0.15) is 5.10 Å². The first-order valence-electron chi connectivity index (χ1n) is 6.01. The van der Waals surface area contributed by atoms with Crippen LogP contribution in [-0.2, 0) is 11.8 Å². The van der Waals surface area contributed by atoms with Gasteiger partial charge in [0.05, 0.1) is 12.2 Å². The number of aryl methyl sites for hydroxylation is 1. The van der Waals surface area contributed by atoms with Gasteiger partial charge in [0.1, 0.15) is 0 Å². The second-order valence-corrected chi connectivity index (χ2v) is 4.82. The molecule has 5 heteroatoms. The van der Waals surface area contributed by atoms with E-state index in [4.69, 9.17) is 5.11 Å². The number of carbonyl (C=O) groups is 1. The lowest BCUT2D eigenvalue weighted by molar-refractivity contribution is -0.139. The van der Waals surface area contributed by atoms with Crippen molar-refractivity contribution in [2.45, 2.75) is 25.8 Å². The summed E-state index contributed by atoms with van der Waals surface area (Å²) in [5, 5.41) is 13.1. The summed E-state index contributed by atoms with van der Waals surface area (Å²) in [5.41, 5.74) is 1.06. The quantitative estimate of drug-likeness (QED) is 0.809. The van der Waals surface area contributed by atoms with Gasteiger partial charge in [0, 0.05) is 25.8 Å². The van der Waals surface area contributed by atoms with Gasteiger partial charge in [-0.25, -0.2) is 0 Å². The number of hydrogen-bond donors (Lipinski definition) is 1. The van der Waals surface area contributed by atoms with E-state index in [9.17, 15) is 4.79 Å². The molecular weight excluding hydrogens is 218 g/mol. The Hall–Kier alpha value is -1.36. The molecule has 1 heterocycles. The van der Waals surface area contributed by atoms with Gasteiger partial charge in [0.15, 0.2) is 0 Å². The summed E-state index contributed by atoms with van der Waals surface area (Å²) in [5.74, 6) is -0.0790. The van der Waals surface area contributed by atoms with Crippen LogP contribution in [0.15, 0.2) is 12.3 Å². The van der Waals surface area contributed by atoms with Gasteiger partial charge < -0.3 is 5.11 Å². The van der Waals surface area contributed by atoms with Crippen LogP contribution in [0.4, 0.5) is 0 Å². The van der Waals surface area contributed by atoms with E-state index in [1.807, 2.05) is 29.6 Å². The highest BCUT2D eigenvalue weighted by Crippen LogP contribution is 2.32. The predicted octanol–water partition coefficient (Wildman–Crippen LogP) is 1.28. The first-order chi connectivity index (χ1) is 8.08. The van der Waals surface area contributed by atoms with Crippen LogP contribution in [0.5, 0.6) is 0 Å². The summed E-state index contributed by atoms with van der Waals surface area (Å²) in [6.07, 6.45) is 4.21. The van der Waals surface area contributed by atoms with Crippen molar-refractivity contribution in [3.8, 4) is 0 Å². The zero-order valence-corrected chi connectivity index (χ0v) is 10.3. The smallest absolute Gasteiger partial charge is 0.317 e. The molecule has 94 valence electrons. The monoisotopic (exact) mass is 237 g/mol. The minimum absolute atomic E-state index is 0.0965. The Morgan fingerprint density at radius 2 is 2.41 bits per heavy atom. The summed E-state index contributed by atoms with van der Waals surface area (Å²) >= 11 is 0. The van der Waals surface area contributed by atoms with Crippen LogP contribution in [0.2, 0.25) is 0 Å². The first-order valence-corrected chi connectivity index (χ1v) is 6.01. The number of rotatable bonds is 6. The normalized spacial score (nSPS) is 17.4. The molecule has 0 spiro atoms. The average Bonchev–Trinajstić information content (AvgIpc) is 2.97. The van der Waals surface area contributed by atoms with Crippen LogP contribution in [0.25, 0.3) is 0 Å². The number of aliphatic carboxylic acids is 1. The fourth-order valence-corrected chi connectivity index (χ4v) is 2.15. The molecule has 1 saturated carbocycles. The molecule has 0 saturated heterocycles. The van der Waals surface area contributed by atoms with Crippen molar-refractivity contribution in [1.82, 2.24) is 14.7 Å². The number of aromatic nitrogens is 2. The van der Waals surface area contributed by atoms with Gasteiger partial charge in [0.2, 0.25) is 0 Å². The van der Waals surface area contributed by atoms with Crippen LogP contribution < -0.4 is 0 Å². The van der Waals surface area contributed by atoms with Gasteiger partial charge in [-0.3, -0.25) is 14.4 Å². The van der Waals surface area contributed by atoms with Crippen molar-refractivity contribution in [3.63, 3.8) is 0 Å². The third-order valence-corrected chi connectivity index (χ3v) is 3.36. The van der Waals surface area contributed by atoms with Crippen molar-refractivity contribution < 1.29 is 9.90 Å². The minimum atomic E-state index is -0.764. The second kappa shape index (κ2) is 4.87. The van der Waals surface area contributed by atoms with E-state index in [0.29, 0.717) is 5.92 Å². The Bertz CT molecular complexity index is 398. The number of hydrogen-bond acceptors (Lipinski definition) is 3. The maximum Gasteiger partial charge on any atom is 0.317 e. The topological polar surface area (TPSA) is 58.4 Å². The van der Waals surface area contributed by atoms with Crippen LogP contribution >= 0.6 is 0 Å². The third-order valence-electron chi connectivity index (χ3n) is 3.36. The maximum absolute atomic E-state index is 10.9. The van der Waals surface area contributed by atoms with Crippen molar-refractivity contribution in [2.75, 3.05) is 13.1 Å². The molecule has 0 bridgehead atoms.